The van der Waals surface area contributed by atoms with E-state index in [1.807, 2.05) is 55.4 Å². The number of methoxy groups -OCH3 is 2. The molecule has 0 bridgehead atoms. The van der Waals surface area contributed by atoms with Crippen LogP contribution in [0.3, 0.4) is 0 Å². The number of hydrogen-bond donors (Lipinski definition) is 4. The lowest BCUT2D eigenvalue weighted by Gasteiger charge is -2.44. The van der Waals surface area contributed by atoms with E-state index >= 15 is 0 Å². The Kier molecular flexibility index (Phi) is 29.7. The van der Waals surface area contributed by atoms with E-state index in [-0.39, 0.29) is 48.7 Å². The standard InChI is InChI=1S/C31H50N4O5.C18H29N3O2.C11H22N2O2.ClH/c1-22-20-34(30(38)40-31(3,4)5)21-23(2)35(22)29(37)33-27(28(36)39-6)17-11-9-7-8-10-15-25-19-18-24-14-12-13-16-26(24)32-25;1-23-18(22)16(19)10-6-4-2-3-5-9-15-12-11-14-8-7-13-20-17(14)21-15;1-8-6-13(7-9(2)12-8)10(14)15-11(3,4)5;/h18-19,22-23,27H,7-17,20-21H2,1-6H3,(H,33,37);11-12,16H,2-10,13,19H2,1H3,(H,20,21);8-9,12H,6-7H2,1-5H3;1H/t22-,23+,27-;16-;8-,9+;/m00../s1. The van der Waals surface area contributed by atoms with E-state index in [4.69, 9.17) is 29.9 Å². The number of aryl methyl sites for hydroxylation is 5. The van der Waals surface area contributed by atoms with Gasteiger partial charge in [0.2, 0.25) is 0 Å². The number of amides is 4. The van der Waals surface area contributed by atoms with Crippen LogP contribution in [0.2, 0.25) is 0 Å². The first-order valence-corrected chi connectivity index (χ1v) is 29.4. The summed E-state index contributed by atoms with van der Waals surface area (Å²) in [6.45, 7) is 22.4. The highest BCUT2D eigenvalue weighted by molar-refractivity contribution is 5.85. The third-order valence-corrected chi connectivity index (χ3v) is 14.4. The average Bonchev–Trinajstić information content (AvgIpc) is 3.39. The van der Waals surface area contributed by atoms with Gasteiger partial charge in [-0.25, -0.2) is 24.2 Å². The van der Waals surface area contributed by atoms with Crippen LogP contribution in [-0.2, 0) is 60.6 Å². The van der Waals surface area contributed by atoms with Crippen LogP contribution in [0.15, 0.2) is 24.3 Å². The number of nitrogens with one attached hydrogen (secondary N) is 3. The molecule has 0 radical (unpaired) electrons. The molecule has 79 heavy (non-hydrogen) atoms. The minimum absolute atomic E-state index is 0. The minimum atomic E-state index is -0.694. The summed E-state index contributed by atoms with van der Waals surface area (Å²) in [6, 6.07) is 7.59. The molecule has 5 N–H and O–H groups in total. The Hall–Kier alpha value is -4.94. The van der Waals surface area contributed by atoms with Gasteiger partial charge in [-0.15, -0.1) is 12.4 Å². The van der Waals surface area contributed by atoms with Crippen molar-refractivity contribution in [2.45, 2.75) is 245 Å². The summed E-state index contributed by atoms with van der Waals surface area (Å²) in [5.41, 5.74) is 11.2. The van der Waals surface area contributed by atoms with Crippen LogP contribution in [-0.4, -0.2) is 149 Å². The number of unbranched alkanes of at least 4 members (excludes halogenated alkanes) is 8. The summed E-state index contributed by atoms with van der Waals surface area (Å²) >= 11 is 0. The predicted molar refractivity (Wildman–Crippen MR) is 315 cm³/mol. The second-order valence-corrected chi connectivity index (χ2v) is 24.1. The number of pyridine rings is 2. The van der Waals surface area contributed by atoms with Gasteiger partial charge in [0.25, 0.3) is 0 Å². The quantitative estimate of drug-likeness (QED) is 0.0584. The van der Waals surface area contributed by atoms with Crippen LogP contribution >= 0.6 is 12.4 Å². The number of esters is 2. The van der Waals surface area contributed by atoms with Crippen LogP contribution in [0.1, 0.15) is 194 Å². The van der Waals surface area contributed by atoms with Gasteiger partial charge in [-0.3, -0.25) is 9.78 Å². The zero-order valence-electron chi connectivity index (χ0n) is 50.3. The maximum absolute atomic E-state index is 13.2. The lowest BCUT2D eigenvalue weighted by molar-refractivity contribution is -0.143. The number of carbonyl (C=O) groups excluding carboxylic acids is 5. The van der Waals surface area contributed by atoms with E-state index in [9.17, 15) is 24.0 Å². The lowest BCUT2D eigenvalue weighted by Crippen LogP contribution is -2.63. The first-order valence-electron chi connectivity index (χ1n) is 29.4. The van der Waals surface area contributed by atoms with E-state index in [1.165, 1.54) is 81.0 Å². The second-order valence-electron chi connectivity index (χ2n) is 24.1. The number of halogens is 1. The minimum Gasteiger partial charge on any atom is -0.468 e. The highest BCUT2D eigenvalue weighted by Crippen LogP contribution is 2.24. The number of nitrogens with two attached hydrogens (primary N) is 1. The van der Waals surface area contributed by atoms with Crippen molar-refractivity contribution in [2.75, 3.05) is 52.3 Å². The predicted octanol–water partition coefficient (Wildman–Crippen LogP) is 10.3. The average molecular weight is 1130 g/mol. The number of ether oxygens (including phenoxy) is 4. The maximum atomic E-state index is 13.2. The molecule has 3 aliphatic heterocycles. The molecule has 2 aromatic rings. The fourth-order valence-electron chi connectivity index (χ4n) is 10.5. The molecule has 18 nitrogen and oxygen atoms in total. The van der Waals surface area contributed by atoms with Crippen LogP contribution in [0.25, 0.3) is 0 Å². The first-order chi connectivity index (χ1) is 37.0. The van der Waals surface area contributed by atoms with Crippen molar-refractivity contribution >= 4 is 48.4 Å². The highest BCUT2D eigenvalue weighted by Gasteiger charge is 2.38. The number of hydrogen-bond acceptors (Lipinski definition) is 14. The molecule has 2 saturated heterocycles. The Bertz CT molecular complexity index is 2170. The van der Waals surface area contributed by atoms with E-state index in [0.717, 1.165) is 103 Å². The Morgan fingerprint density at radius 2 is 1.11 bits per heavy atom. The van der Waals surface area contributed by atoms with Crippen LogP contribution in [0, 0.1) is 0 Å². The molecule has 1 aliphatic carbocycles. The second kappa shape index (κ2) is 34.4. The van der Waals surface area contributed by atoms with Crippen molar-refractivity contribution in [1.82, 2.24) is 35.3 Å². The summed E-state index contributed by atoms with van der Waals surface area (Å²) in [6.07, 6.45) is 20.6. The topological polar surface area (TPSA) is 220 Å². The van der Waals surface area contributed by atoms with Gasteiger partial charge in [0.05, 0.1) is 14.2 Å². The van der Waals surface area contributed by atoms with Crippen LogP contribution < -0.4 is 21.7 Å². The van der Waals surface area contributed by atoms with Gasteiger partial charge >= 0.3 is 30.2 Å². The van der Waals surface area contributed by atoms with Crippen LogP contribution in [0.4, 0.5) is 20.2 Å². The zero-order chi connectivity index (χ0) is 57.4. The monoisotopic (exact) mass is 1130 g/mol. The Morgan fingerprint density at radius 1 is 0.633 bits per heavy atom. The van der Waals surface area contributed by atoms with Crippen LogP contribution in [0.5, 0.6) is 0 Å². The lowest BCUT2D eigenvalue weighted by atomic mass is 9.95. The molecule has 0 unspecified atom stereocenters. The fourth-order valence-corrected chi connectivity index (χ4v) is 10.5. The molecule has 4 amide bonds. The van der Waals surface area contributed by atoms with E-state index in [1.54, 1.807) is 14.7 Å². The van der Waals surface area contributed by atoms with E-state index in [0.29, 0.717) is 38.0 Å². The van der Waals surface area contributed by atoms with E-state index in [2.05, 4.69) is 58.8 Å². The molecular weight excluding hydrogens is 1030 g/mol. The van der Waals surface area contributed by atoms with Gasteiger partial charge in [0.15, 0.2) is 0 Å². The number of aromatic nitrogens is 2. The number of nitrogens with zero attached hydrogens (tertiary/aromatic N) is 5. The molecule has 448 valence electrons. The molecular formula is C60H102ClN9O9. The Balaban J connectivity index is 0.000000352. The maximum Gasteiger partial charge on any atom is 0.410 e. The summed E-state index contributed by atoms with van der Waals surface area (Å²) in [4.78, 5) is 75.9. The van der Waals surface area contributed by atoms with E-state index < -0.39 is 29.3 Å². The number of urea groups is 1. The fraction of sp³-hybridized carbons (Fsp3) is 0.750. The molecule has 2 fully saturated rings. The van der Waals surface area contributed by atoms with Crippen molar-refractivity contribution in [3.8, 4) is 0 Å². The van der Waals surface area contributed by atoms with Gasteiger partial charge in [0, 0.05) is 74.0 Å². The Labute approximate surface area is 480 Å². The molecule has 19 heteroatoms. The molecule has 0 aromatic carbocycles. The van der Waals surface area contributed by atoms with Crippen molar-refractivity contribution < 1.29 is 42.9 Å². The Morgan fingerprint density at radius 3 is 1.67 bits per heavy atom. The zero-order valence-corrected chi connectivity index (χ0v) is 51.2. The third kappa shape index (κ3) is 25.2. The molecule has 0 saturated carbocycles. The molecule has 2 aromatic heterocycles. The molecule has 6 rings (SSSR count). The van der Waals surface area contributed by atoms with Crippen molar-refractivity contribution in [2.24, 2.45) is 5.73 Å². The number of fused-ring (bicyclic) bond motifs is 2. The SMILES string of the molecule is COC(=O)[C@@H](N)CCCCCCCc1ccc2c(n1)NCCC2.COC(=O)[C@H](CCCCCCCc1ccc2c(n1)CCCC2)NC(=O)N1[C@H](C)CN(C(=O)OC(C)(C)C)C[C@@H]1C.C[C@@H]1CN(C(=O)OC(C)(C)C)C[C@H](C)N1.Cl. The first kappa shape index (κ1) is 68.3. The van der Waals surface area contributed by atoms with Gasteiger partial charge in [0.1, 0.15) is 29.1 Å². The molecule has 5 heterocycles. The molecule has 0 spiro atoms. The van der Waals surface area contributed by atoms with Gasteiger partial charge in [-0.1, -0.05) is 63.5 Å². The number of rotatable bonds is 19. The summed E-state index contributed by atoms with van der Waals surface area (Å²) < 4.78 is 20.4. The van der Waals surface area contributed by atoms with Gasteiger partial charge in [-0.2, -0.15) is 0 Å². The third-order valence-electron chi connectivity index (χ3n) is 14.4. The summed E-state index contributed by atoms with van der Waals surface area (Å²) in [5.74, 6) is 0.349. The number of anilines is 1. The van der Waals surface area contributed by atoms with Crippen molar-refractivity contribution in [3.63, 3.8) is 0 Å². The van der Waals surface area contributed by atoms with Crippen molar-refractivity contribution in [1.29, 1.82) is 0 Å². The van der Waals surface area contributed by atoms with Gasteiger partial charge < -0.3 is 55.3 Å². The largest absolute Gasteiger partial charge is 0.468 e. The number of piperazine rings is 2. The van der Waals surface area contributed by atoms with Gasteiger partial charge in [-0.05, 0) is 170 Å². The molecule has 4 aliphatic rings. The highest BCUT2D eigenvalue weighted by atomic mass is 35.5. The molecule has 6 atom stereocenters. The smallest absolute Gasteiger partial charge is 0.410 e. The number of carbonyl (C=O) groups is 5. The summed E-state index contributed by atoms with van der Waals surface area (Å²) in [5, 5.41) is 9.66. The normalized spacial score (nSPS) is 19.6. The summed E-state index contributed by atoms with van der Waals surface area (Å²) in [7, 11) is 2.73. The van der Waals surface area contributed by atoms with Crippen molar-refractivity contribution in [3.05, 3.63) is 52.5 Å².